The van der Waals surface area contributed by atoms with E-state index in [2.05, 4.69) is 31.9 Å². The van der Waals surface area contributed by atoms with Gasteiger partial charge in [-0.3, -0.25) is 18.4 Å². The second-order valence-electron chi connectivity index (χ2n) is 10.1. The number of carbonyl (C=O) groups excluding carboxylic acids is 1. The van der Waals surface area contributed by atoms with Crippen LogP contribution in [0.15, 0.2) is 36.7 Å². The normalized spacial score (nSPS) is 34.5. The number of allylic oxidation sites excluding steroid dienone is 1. The number of aliphatic hydroxyl groups is 4. The molecule has 2 unspecified atom stereocenters. The highest BCUT2D eigenvalue weighted by atomic mass is 32.1. The lowest BCUT2D eigenvalue weighted by atomic mass is 10.1. The summed E-state index contributed by atoms with van der Waals surface area (Å²) in [7, 11) is -10.9. The van der Waals surface area contributed by atoms with Crippen molar-refractivity contribution in [2.24, 2.45) is 5.73 Å². The molecule has 0 spiro atoms. The van der Waals surface area contributed by atoms with Crippen LogP contribution in [0.2, 0.25) is 0 Å². The molecule has 3 aliphatic rings. The second kappa shape index (κ2) is 12.6. The molecule has 10 N–H and O–H groups in total. The Labute approximate surface area is 258 Å². The van der Waals surface area contributed by atoms with Crippen LogP contribution >= 0.6 is 28.3 Å². The molecule has 0 saturated carbocycles. The summed E-state index contributed by atoms with van der Waals surface area (Å²) in [6.45, 7) is -1.98. The first-order valence-corrected chi connectivity index (χ1v) is 16.3. The highest BCUT2D eigenvalue weighted by molar-refractivity contribution is 7.81. The number of imidazole rings is 1. The lowest BCUT2D eigenvalue weighted by molar-refractivity contribution is -0.115. The van der Waals surface area contributed by atoms with Gasteiger partial charge in [-0.2, -0.15) is 4.31 Å². The van der Waals surface area contributed by atoms with Crippen molar-refractivity contribution in [2.45, 2.75) is 54.3 Å². The van der Waals surface area contributed by atoms with E-state index in [1.54, 1.807) is 6.08 Å². The standard InChI is InChI=1S/C21H29N7O14P2S/c22-16-11-18(25-7-24-16)28(8-26-11)20-14(31)15(32)21(45,41-20)6-39-44(36,37)42-43(34,35)38-5-10-12(29)13(30)19(40-10)27-3-1-2-9(4-27)17(23)33/h1,3-4,7-8,10,12-15,19-20,29-32,45H,2,5-6H2,(H2,23,33)(H,34,35)(H,36,37)(H2,22,24,25)/t10-,12-,13-,14-,15+,19-,20-,21-/m1/s1. The summed E-state index contributed by atoms with van der Waals surface area (Å²) in [6, 6.07) is 0. The van der Waals surface area contributed by atoms with Crippen LogP contribution in [-0.4, -0.2) is 115 Å². The lowest BCUT2D eigenvalue weighted by Gasteiger charge is -2.28. The number of nitrogen functional groups attached to an aromatic ring is 1. The summed E-state index contributed by atoms with van der Waals surface area (Å²) >= 11 is 4.15. The third kappa shape index (κ3) is 6.94. The first-order valence-electron chi connectivity index (χ1n) is 12.8. The Balaban J connectivity index is 1.17. The molecule has 0 radical (unpaired) electrons. The Morgan fingerprint density at radius 1 is 1.09 bits per heavy atom. The van der Waals surface area contributed by atoms with Crippen molar-refractivity contribution in [2.75, 3.05) is 18.9 Å². The van der Waals surface area contributed by atoms with E-state index in [9.17, 15) is 44.1 Å². The van der Waals surface area contributed by atoms with Crippen LogP contribution in [-0.2, 0) is 36.8 Å². The number of aliphatic hydroxyl groups excluding tert-OH is 4. The first-order chi connectivity index (χ1) is 21.0. The summed E-state index contributed by atoms with van der Waals surface area (Å²) in [5.74, 6) is -0.686. The average Bonchev–Trinajstić information content (AvgIpc) is 3.60. The van der Waals surface area contributed by atoms with Crippen LogP contribution in [0.3, 0.4) is 0 Å². The van der Waals surface area contributed by atoms with Crippen LogP contribution < -0.4 is 11.5 Å². The lowest BCUT2D eigenvalue weighted by Crippen LogP contribution is -2.42. The molecule has 2 saturated heterocycles. The number of hydrogen-bond donors (Lipinski definition) is 9. The van der Waals surface area contributed by atoms with Gasteiger partial charge in [0.1, 0.15) is 42.4 Å². The molecule has 0 bridgehead atoms. The Morgan fingerprint density at radius 3 is 2.51 bits per heavy atom. The number of primary amides is 1. The highest BCUT2D eigenvalue weighted by Gasteiger charge is 2.55. The minimum Gasteiger partial charge on any atom is -0.387 e. The van der Waals surface area contributed by atoms with Crippen molar-refractivity contribution >= 4 is 51.2 Å². The van der Waals surface area contributed by atoms with E-state index < -0.39 is 82.7 Å². The second-order valence-corrected chi connectivity index (χ2v) is 13.9. The highest BCUT2D eigenvalue weighted by Crippen LogP contribution is 2.61. The van der Waals surface area contributed by atoms with Gasteiger partial charge in [0.2, 0.25) is 5.91 Å². The van der Waals surface area contributed by atoms with Crippen molar-refractivity contribution in [3.05, 3.63) is 36.7 Å². The third-order valence-electron chi connectivity index (χ3n) is 6.97. The fourth-order valence-corrected chi connectivity index (χ4v) is 7.24. The average molecular weight is 698 g/mol. The Kier molecular flexibility index (Phi) is 9.46. The van der Waals surface area contributed by atoms with Crippen LogP contribution in [0.4, 0.5) is 5.82 Å². The molecular formula is C21H29N7O14P2S. The number of ether oxygens (including phenoxy) is 2. The molecule has 0 aliphatic carbocycles. The zero-order chi connectivity index (χ0) is 32.9. The molecule has 5 heterocycles. The number of aromatic nitrogens is 4. The number of amides is 1. The predicted molar refractivity (Wildman–Crippen MR) is 150 cm³/mol. The number of anilines is 1. The summed E-state index contributed by atoms with van der Waals surface area (Å²) in [4.78, 5) is 42.6. The number of phosphoric acid groups is 2. The molecule has 1 amide bonds. The Bertz CT molecular complexity index is 1610. The predicted octanol–water partition coefficient (Wildman–Crippen LogP) is -2.43. The number of nitrogens with zero attached hydrogens (tertiary/aromatic N) is 5. The van der Waals surface area contributed by atoms with E-state index in [0.29, 0.717) is 0 Å². The number of nitrogens with two attached hydrogens (primary N) is 2. The van der Waals surface area contributed by atoms with Crippen molar-refractivity contribution in [3.8, 4) is 0 Å². The molecule has 45 heavy (non-hydrogen) atoms. The van der Waals surface area contributed by atoms with Gasteiger partial charge in [0.05, 0.1) is 19.5 Å². The molecule has 3 aliphatic heterocycles. The fraction of sp³-hybridized carbons (Fsp3) is 0.524. The van der Waals surface area contributed by atoms with Gasteiger partial charge in [0.15, 0.2) is 28.9 Å². The number of thiol groups is 1. The fourth-order valence-electron chi connectivity index (χ4n) is 4.70. The first kappa shape index (κ1) is 33.8. The Hall–Kier alpha value is -2.53. The van der Waals surface area contributed by atoms with Crippen LogP contribution in [0.1, 0.15) is 12.6 Å². The van der Waals surface area contributed by atoms with E-state index in [4.69, 9.17) is 30.0 Å². The van der Waals surface area contributed by atoms with E-state index in [-0.39, 0.29) is 29.0 Å². The summed E-state index contributed by atoms with van der Waals surface area (Å²) in [5, 5.41) is 42.0. The summed E-state index contributed by atoms with van der Waals surface area (Å²) in [5.41, 5.74) is 11.5. The van der Waals surface area contributed by atoms with Crippen LogP contribution in [0.5, 0.6) is 0 Å². The summed E-state index contributed by atoms with van der Waals surface area (Å²) in [6.07, 6.45) is -3.99. The summed E-state index contributed by atoms with van der Waals surface area (Å²) < 4.78 is 51.0. The molecule has 0 aromatic carbocycles. The topological polar surface area (TPSA) is 318 Å². The minimum atomic E-state index is -5.46. The molecule has 5 rings (SSSR count). The molecule has 2 aromatic heterocycles. The largest absolute Gasteiger partial charge is 0.481 e. The number of carbonyl (C=O) groups is 1. The van der Waals surface area contributed by atoms with E-state index in [0.717, 1.165) is 6.33 Å². The van der Waals surface area contributed by atoms with E-state index >= 15 is 0 Å². The number of fused-ring (bicyclic) bond motifs is 1. The van der Waals surface area contributed by atoms with Crippen molar-refractivity contribution in [3.63, 3.8) is 0 Å². The molecule has 24 heteroatoms. The van der Waals surface area contributed by atoms with Gasteiger partial charge in [-0.25, -0.2) is 24.1 Å². The number of phosphoric ester groups is 2. The van der Waals surface area contributed by atoms with Gasteiger partial charge < -0.3 is 56.1 Å². The van der Waals surface area contributed by atoms with E-state index in [1.807, 2.05) is 0 Å². The van der Waals surface area contributed by atoms with Crippen molar-refractivity contribution in [1.82, 2.24) is 24.4 Å². The molecule has 10 atom stereocenters. The van der Waals surface area contributed by atoms with E-state index in [1.165, 1.54) is 28.2 Å². The SMILES string of the molecule is NC(=O)C1=CN([C@@H]2O[C@H](COP(=O)(O)OP(=O)(O)OC[C@]3(S)O[C@@H](n4cnc5c(N)ncnc54)[C@H](O)[C@@H]3O)[C@@H](O)[C@H]2O)C=CC1. The van der Waals surface area contributed by atoms with Gasteiger partial charge in [-0.15, -0.1) is 12.6 Å². The molecule has 21 nitrogen and oxygen atoms in total. The third-order valence-corrected chi connectivity index (χ3v) is 10.1. The van der Waals surface area contributed by atoms with Gasteiger partial charge >= 0.3 is 15.6 Å². The quantitative estimate of drug-likeness (QED) is 0.0870. The van der Waals surface area contributed by atoms with Crippen molar-refractivity contribution in [1.29, 1.82) is 0 Å². The van der Waals surface area contributed by atoms with Gasteiger partial charge in [0.25, 0.3) is 0 Å². The van der Waals surface area contributed by atoms with Crippen molar-refractivity contribution < 1.29 is 67.0 Å². The monoisotopic (exact) mass is 697 g/mol. The molecule has 2 aromatic rings. The van der Waals surface area contributed by atoms with Gasteiger partial charge in [-0.1, -0.05) is 6.08 Å². The van der Waals surface area contributed by atoms with Crippen LogP contribution in [0, 0.1) is 0 Å². The van der Waals surface area contributed by atoms with Crippen LogP contribution in [0.25, 0.3) is 11.2 Å². The zero-order valence-corrected chi connectivity index (χ0v) is 25.4. The number of hydrogen-bond acceptors (Lipinski definition) is 18. The number of rotatable bonds is 11. The minimum absolute atomic E-state index is 0.0291. The maximum Gasteiger partial charge on any atom is 0.481 e. The maximum atomic E-state index is 12.5. The Morgan fingerprint density at radius 2 is 1.80 bits per heavy atom. The zero-order valence-electron chi connectivity index (χ0n) is 22.7. The maximum absolute atomic E-state index is 12.5. The molecular weight excluding hydrogens is 668 g/mol. The molecule has 248 valence electrons. The molecule has 2 fully saturated rings. The van der Waals surface area contributed by atoms with Gasteiger partial charge in [0, 0.05) is 18.0 Å². The smallest absolute Gasteiger partial charge is 0.387 e. The van der Waals surface area contributed by atoms with Gasteiger partial charge in [-0.05, 0) is 6.42 Å².